The van der Waals surface area contributed by atoms with Crippen LogP contribution in [0.5, 0.6) is 0 Å². The van der Waals surface area contributed by atoms with E-state index in [1.165, 1.54) is 0 Å². The molecule has 3 saturated heterocycles. The molecule has 0 aromatic carbocycles. The maximum Gasteiger partial charge on any atom is 0.246 e. The molecule has 3 aliphatic rings. The smallest absolute Gasteiger partial charge is 0.246 e. The van der Waals surface area contributed by atoms with Crippen LogP contribution in [0.25, 0.3) is 0 Å². The van der Waals surface area contributed by atoms with Crippen LogP contribution in [0, 0.1) is 0 Å². The molecule has 0 saturated carbocycles. The molecule has 0 aromatic heterocycles. The van der Waals surface area contributed by atoms with E-state index in [9.17, 15) is 9.59 Å². The first-order chi connectivity index (χ1) is 9.12. The van der Waals surface area contributed by atoms with Crippen molar-refractivity contribution in [2.24, 2.45) is 0 Å². The van der Waals surface area contributed by atoms with Crippen LogP contribution in [0.3, 0.4) is 0 Å². The van der Waals surface area contributed by atoms with Gasteiger partial charge in [-0.1, -0.05) is 0 Å². The van der Waals surface area contributed by atoms with E-state index >= 15 is 0 Å². The highest BCUT2D eigenvalue weighted by Crippen LogP contribution is 2.44. The van der Waals surface area contributed by atoms with Gasteiger partial charge in [-0.2, -0.15) is 0 Å². The molecule has 0 aliphatic carbocycles. The van der Waals surface area contributed by atoms with Crippen LogP contribution in [0.4, 0.5) is 0 Å². The summed E-state index contributed by atoms with van der Waals surface area (Å²) >= 11 is 3.41. The summed E-state index contributed by atoms with van der Waals surface area (Å²) in [6.45, 7) is 4.58. The largest absolute Gasteiger partial charge is 0.378 e. The number of amides is 2. The lowest BCUT2D eigenvalue weighted by Gasteiger charge is -2.41. The molecule has 0 N–H and O–H groups in total. The lowest BCUT2D eigenvalue weighted by atomic mass is 10.1. The summed E-state index contributed by atoms with van der Waals surface area (Å²) in [5, 5.41) is 0. The highest BCUT2D eigenvalue weighted by Gasteiger charge is 2.51. The Bertz CT molecular complexity index is 400. The summed E-state index contributed by atoms with van der Waals surface area (Å²) in [5.74, 6) is 2.34. The van der Waals surface area contributed by atoms with Gasteiger partial charge in [-0.05, 0) is 6.92 Å². The first-order valence-electron chi connectivity index (χ1n) is 6.52. The summed E-state index contributed by atoms with van der Waals surface area (Å²) in [6, 6.07) is -0.276. The Hall–Kier alpha value is -0.400. The van der Waals surface area contributed by atoms with Crippen LogP contribution in [-0.4, -0.2) is 76.1 Å². The fraction of sp³-hybridized carbons (Fsp3) is 0.833. The molecule has 3 aliphatic heterocycles. The average Bonchev–Trinajstić information content (AvgIpc) is 2.78. The number of carbonyl (C=O) groups is 2. The maximum absolute atomic E-state index is 12.6. The molecule has 2 atom stereocenters. The van der Waals surface area contributed by atoms with Crippen LogP contribution in [0.2, 0.25) is 0 Å². The van der Waals surface area contributed by atoms with Crippen molar-refractivity contribution < 1.29 is 14.3 Å². The second-order valence-electron chi connectivity index (χ2n) is 5.20. The Morgan fingerprint density at radius 1 is 1.42 bits per heavy atom. The van der Waals surface area contributed by atoms with E-state index in [0.717, 1.165) is 11.5 Å². The van der Waals surface area contributed by atoms with E-state index in [1.54, 1.807) is 23.5 Å². The zero-order valence-electron chi connectivity index (χ0n) is 11.0. The standard InChI is InChI=1S/C12H18N2O3S2/c1-12-8-18-7-10(15)14(12)9(6-19-12)11(16)13-2-4-17-5-3-13/h9H,2-8H2,1H3. The molecule has 3 rings (SSSR count). The fourth-order valence-corrected chi connectivity index (χ4v) is 5.55. The van der Waals surface area contributed by atoms with Crippen molar-refractivity contribution in [3.05, 3.63) is 0 Å². The third-order valence-corrected chi connectivity index (χ3v) is 6.69. The number of nitrogens with zero attached hydrogens (tertiary/aromatic N) is 2. The van der Waals surface area contributed by atoms with Crippen LogP contribution < -0.4 is 0 Å². The minimum atomic E-state index is -0.276. The van der Waals surface area contributed by atoms with Gasteiger partial charge in [-0.15, -0.1) is 23.5 Å². The minimum Gasteiger partial charge on any atom is -0.378 e. The molecule has 106 valence electrons. The highest BCUT2D eigenvalue weighted by molar-refractivity contribution is 8.04. The van der Waals surface area contributed by atoms with Gasteiger partial charge in [0.2, 0.25) is 11.8 Å². The Labute approximate surface area is 121 Å². The number of rotatable bonds is 1. The summed E-state index contributed by atoms with van der Waals surface area (Å²) in [5.41, 5.74) is 0. The molecular weight excluding hydrogens is 284 g/mol. The van der Waals surface area contributed by atoms with Crippen molar-refractivity contribution in [2.75, 3.05) is 43.6 Å². The summed E-state index contributed by atoms with van der Waals surface area (Å²) in [4.78, 5) is 28.3. The van der Waals surface area contributed by atoms with E-state index in [1.807, 2.05) is 9.80 Å². The fourth-order valence-electron chi connectivity index (χ4n) is 2.85. The van der Waals surface area contributed by atoms with Crippen molar-refractivity contribution in [3.8, 4) is 0 Å². The molecule has 0 aromatic rings. The van der Waals surface area contributed by atoms with Crippen molar-refractivity contribution >= 4 is 35.3 Å². The van der Waals surface area contributed by atoms with Crippen molar-refractivity contribution in [1.82, 2.24) is 9.80 Å². The highest BCUT2D eigenvalue weighted by atomic mass is 32.2. The number of fused-ring (bicyclic) bond motifs is 1. The normalized spacial score (nSPS) is 35.4. The summed E-state index contributed by atoms with van der Waals surface area (Å²) in [6.07, 6.45) is 0. The first kappa shape index (κ1) is 13.6. The van der Waals surface area contributed by atoms with Crippen LogP contribution in [-0.2, 0) is 14.3 Å². The Morgan fingerprint density at radius 2 is 2.16 bits per heavy atom. The van der Waals surface area contributed by atoms with Crippen molar-refractivity contribution in [3.63, 3.8) is 0 Å². The zero-order chi connectivity index (χ0) is 13.5. The van der Waals surface area contributed by atoms with Gasteiger partial charge in [0.15, 0.2) is 0 Å². The van der Waals surface area contributed by atoms with E-state index in [-0.39, 0.29) is 22.7 Å². The molecule has 0 radical (unpaired) electrons. The Morgan fingerprint density at radius 3 is 2.89 bits per heavy atom. The summed E-state index contributed by atoms with van der Waals surface area (Å²) in [7, 11) is 0. The second-order valence-corrected chi connectivity index (χ2v) is 7.68. The Balaban J connectivity index is 1.77. The predicted molar refractivity (Wildman–Crippen MR) is 76.2 cm³/mol. The average molecular weight is 302 g/mol. The van der Waals surface area contributed by atoms with Crippen LogP contribution in [0.15, 0.2) is 0 Å². The predicted octanol–water partition coefficient (Wildman–Crippen LogP) is 0.252. The van der Waals surface area contributed by atoms with Crippen molar-refractivity contribution in [2.45, 2.75) is 17.8 Å². The molecule has 0 bridgehead atoms. The summed E-state index contributed by atoms with van der Waals surface area (Å²) < 4.78 is 5.28. The van der Waals surface area contributed by atoms with E-state index < -0.39 is 0 Å². The molecule has 3 heterocycles. The van der Waals surface area contributed by atoms with Gasteiger partial charge in [0.25, 0.3) is 0 Å². The Kier molecular flexibility index (Phi) is 3.70. The van der Waals surface area contributed by atoms with Gasteiger partial charge >= 0.3 is 0 Å². The molecule has 2 unspecified atom stereocenters. The number of carbonyl (C=O) groups excluding carboxylic acids is 2. The van der Waals surface area contributed by atoms with Crippen molar-refractivity contribution in [1.29, 1.82) is 0 Å². The van der Waals surface area contributed by atoms with E-state index in [0.29, 0.717) is 32.1 Å². The molecule has 7 heteroatoms. The first-order valence-corrected chi connectivity index (χ1v) is 8.66. The van der Waals surface area contributed by atoms with Gasteiger partial charge in [0.1, 0.15) is 6.04 Å². The number of ether oxygens (including phenoxy) is 1. The molecular formula is C12H18N2O3S2. The zero-order valence-corrected chi connectivity index (χ0v) is 12.6. The molecule has 5 nitrogen and oxygen atoms in total. The van der Waals surface area contributed by atoms with Gasteiger partial charge in [0, 0.05) is 24.6 Å². The quantitative estimate of drug-likeness (QED) is 0.695. The third-order valence-electron chi connectivity index (χ3n) is 3.85. The van der Waals surface area contributed by atoms with Gasteiger partial charge in [0.05, 0.1) is 23.8 Å². The number of morpholine rings is 1. The van der Waals surface area contributed by atoms with E-state index in [2.05, 4.69) is 6.92 Å². The number of hydrogen-bond acceptors (Lipinski definition) is 5. The molecule has 2 amide bonds. The van der Waals surface area contributed by atoms with E-state index in [4.69, 9.17) is 4.74 Å². The third kappa shape index (κ3) is 2.36. The maximum atomic E-state index is 12.6. The SMILES string of the molecule is CC12CSCC(=O)N1C(C(=O)N1CCOCC1)CS2. The minimum absolute atomic E-state index is 0.0970. The topological polar surface area (TPSA) is 49.9 Å². The lowest BCUT2D eigenvalue weighted by Crippen LogP contribution is -2.59. The second kappa shape index (κ2) is 5.18. The van der Waals surface area contributed by atoms with Crippen LogP contribution in [0.1, 0.15) is 6.92 Å². The monoisotopic (exact) mass is 302 g/mol. The number of hydrogen-bond donors (Lipinski definition) is 0. The molecule has 0 spiro atoms. The van der Waals surface area contributed by atoms with Gasteiger partial charge in [-0.3, -0.25) is 9.59 Å². The number of thioether (sulfide) groups is 2. The molecule has 19 heavy (non-hydrogen) atoms. The van der Waals surface area contributed by atoms with Gasteiger partial charge in [-0.25, -0.2) is 0 Å². The van der Waals surface area contributed by atoms with Crippen LogP contribution >= 0.6 is 23.5 Å². The van der Waals surface area contributed by atoms with Gasteiger partial charge < -0.3 is 14.5 Å². The molecule has 3 fully saturated rings. The lowest BCUT2D eigenvalue weighted by molar-refractivity contribution is -0.147.